The second kappa shape index (κ2) is 8.89. The number of carbonyl (C=O) groups is 1. The normalized spacial score (nSPS) is 10.6. The Morgan fingerprint density at radius 1 is 1.35 bits per heavy atom. The average molecular weight is 409 g/mol. The number of hydrogen-bond donors (Lipinski definition) is 1. The molecule has 1 amide bonds. The number of nitrogens with one attached hydrogen (secondary N) is 1. The molecule has 0 heterocycles. The molecule has 0 aliphatic rings. The van der Waals surface area contributed by atoms with Crippen molar-refractivity contribution in [1.29, 1.82) is 5.26 Å². The molecular weight excluding hydrogens is 392 g/mol. The minimum Gasteiger partial charge on any atom is -0.480 e. The van der Waals surface area contributed by atoms with Crippen molar-refractivity contribution in [3.63, 3.8) is 0 Å². The Morgan fingerprint density at radius 3 is 2.81 bits per heavy atom. The largest absolute Gasteiger partial charge is 0.480 e. The number of nitrogens with zero attached hydrogens (tertiary/aromatic N) is 1. The molecule has 0 aromatic heterocycles. The number of aryl methyl sites for hydroxylation is 1. The first-order chi connectivity index (χ1) is 12.5. The minimum absolute atomic E-state index is 0.0328. The van der Waals surface area contributed by atoms with Crippen LogP contribution in [0.5, 0.6) is 5.75 Å². The molecule has 0 unspecified atom stereocenters. The number of amides is 1. The van der Waals surface area contributed by atoms with Crippen LogP contribution < -0.4 is 10.1 Å². The zero-order valence-electron chi connectivity index (χ0n) is 14.5. The standard InChI is InChI=1S/C21H17BrN2O2/c1-4-10-26-20-9-8-18(22)12-16(20)11-17(13-23)21(25)24-19-7-5-6-14(2)15(19)3/h1,5-9,11-12H,10H2,2-3H3,(H,24,25)/b17-11+. The average Bonchev–Trinajstić information content (AvgIpc) is 2.62. The molecule has 0 saturated heterocycles. The summed E-state index contributed by atoms with van der Waals surface area (Å²) in [5, 5.41) is 12.2. The smallest absolute Gasteiger partial charge is 0.266 e. The van der Waals surface area contributed by atoms with Crippen LogP contribution in [0.1, 0.15) is 16.7 Å². The van der Waals surface area contributed by atoms with Gasteiger partial charge < -0.3 is 10.1 Å². The van der Waals surface area contributed by atoms with E-state index in [0.29, 0.717) is 17.0 Å². The molecule has 0 atom stereocenters. The van der Waals surface area contributed by atoms with Crippen LogP contribution in [-0.2, 0) is 4.79 Å². The van der Waals surface area contributed by atoms with Gasteiger partial charge in [0.15, 0.2) is 0 Å². The van der Waals surface area contributed by atoms with Gasteiger partial charge in [0.25, 0.3) is 5.91 Å². The molecule has 2 aromatic rings. The summed E-state index contributed by atoms with van der Waals surface area (Å²) in [6.45, 7) is 3.97. The molecule has 130 valence electrons. The SMILES string of the molecule is C#CCOc1ccc(Br)cc1/C=C(\C#N)C(=O)Nc1cccc(C)c1C. The molecular formula is C21H17BrN2O2. The maximum Gasteiger partial charge on any atom is 0.266 e. The number of rotatable bonds is 5. The first kappa shape index (κ1) is 19.3. The van der Waals surface area contributed by atoms with Gasteiger partial charge in [-0.3, -0.25) is 4.79 Å². The van der Waals surface area contributed by atoms with Crippen molar-refractivity contribution in [3.8, 4) is 24.2 Å². The molecule has 26 heavy (non-hydrogen) atoms. The monoisotopic (exact) mass is 408 g/mol. The van der Waals surface area contributed by atoms with Gasteiger partial charge in [0.2, 0.25) is 0 Å². The van der Waals surface area contributed by atoms with Crippen LogP contribution in [0, 0.1) is 37.5 Å². The van der Waals surface area contributed by atoms with Gasteiger partial charge in [0.05, 0.1) is 0 Å². The summed E-state index contributed by atoms with van der Waals surface area (Å²) in [6.07, 6.45) is 6.71. The molecule has 0 radical (unpaired) electrons. The maximum atomic E-state index is 12.5. The Kier molecular flexibility index (Phi) is 6.60. The van der Waals surface area contributed by atoms with Gasteiger partial charge >= 0.3 is 0 Å². The van der Waals surface area contributed by atoms with Gasteiger partial charge in [-0.05, 0) is 55.3 Å². The van der Waals surface area contributed by atoms with E-state index in [2.05, 4.69) is 27.2 Å². The molecule has 0 fully saturated rings. The number of nitriles is 1. The molecule has 0 aliphatic heterocycles. The second-order valence-electron chi connectivity index (χ2n) is 5.55. The summed E-state index contributed by atoms with van der Waals surface area (Å²) in [5.41, 5.74) is 3.24. The summed E-state index contributed by atoms with van der Waals surface area (Å²) >= 11 is 3.38. The second-order valence-corrected chi connectivity index (χ2v) is 6.46. The molecule has 0 spiro atoms. The third-order valence-corrected chi connectivity index (χ3v) is 4.29. The topological polar surface area (TPSA) is 62.1 Å². The zero-order valence-corrected chi connectivity index (χ0v) is 16.1. The molecule has 2 aromatic carbocycles. The number of ether oxygens (including phenoxy) is 1. The van der Waals surface area contributed by atoms with Crippen molar-refractivity contribution in [2.75, 3.05) is 11.9 Å². The number of anilines is 1. The lowest BCUT2D eigenvalue weighted by molar-refractivity contribution is -0.112. The van der Waals surface area contributed by atoms with Gasteiger partial charge in [0.1, 0.15) is 24.0 Å². The molecule has 4 nitrogen and oxygen atoms in total. The van der Waals surface area contributed by atoms with E-state index in [0.717, 1.165) is 15.6 Å². The van der Waals surface area contributed by atoms with Gasteiger partial charge in [0, 0.05) is 15.7 Å². The lowest BCUT2D eigenvalue weighted by atomic mass is 10.1. The summed E-state index contributed by atoms with van der Waals surface area (Å²) in [4.78, 5) is 12.5. The van der Waals surface area contributed by atoms with Crippen LogP contribution in [0.4, 0.5) is 5.69 Å². The summed E-state index contributed by atoms with van der Waals surface area (Å²) < 4.78 is 6.27. The van der Waals surface area contributed by atoms with Crippen molar-refractivity contribution in [3.05, 3.63) is 63.1 Å². The van der Waals surface area contributed by atoms with Crippen molar-refractivity contribution >= 4 is 33.6 Å². The van der Waals surface area contributed by atoms with E-state index in [1.54, 1.807) is 24.3 Å². The maximum absolute atomic E-state index is 12.5. The number of hydrogen-bond acceptors (Lipinski definition) is 3. The number of carbonyl (C=O) groups excluding carboxylic acids is 1. The predicted molar refractivity (Wildman–Crippen MR) is 107 cm³/mol. The Morgan fingerprint density at radius 2 is 2.12 bits per heavy atom. The Hall–Kier alpha value is -3.02. The van der Waals surface area contributed by atoms with Gasteiger partial charge in [-0.25, -0.2) is 0 Å². The van der Waals surface area contributed by atoms with E-state index in [-0.39, 0.29) is 12.2 Å². The highest BCUT2D eigenvalue weighted by atomic mass is 79.9. The fourth-order valence-electron chi connectivity index (χ4n) is 2.26. The molecule has 5 heteroatoms. The predicted octanol–water partition coefficient (Wildman–Crippen LogP) is 4.62. The minimum atomic E-state index is -0.482. The van der Waals surface area contributed by atoms with Crippen molar-refractivity contribution in [2.24, 2.45) is 0 Å². The molecule has 0 aliphatic carbocycles. The zero-order chi connectivity index (χ0) is 19.1. The summed E-state index contributed by atoms with van der Waals surface area (Å²) in [6, 6.07) is 12.8. The highest BCUT2D eigenvalue weighted by Gasteiger charge is 2.13. The van der Waals surface area contributed by atoms with Crippen LogP contribution in [0.2, 0.25) is 0 Å². The molecule has 0 bridgehead atoms. The molecule has 2 rings (SSSR count). The van der Waals surface area contributed by atoms with Crippen molar-refractivity contribution in [1.82, 2.24) is 0 Å². The van der Waals surface area contributed by atoms with Crippen LogP contribution in [-0.4, -0.2) is 12.5 Å². The molecule has 1 N–H and O–H groups in total. The number of halogens is 1. The van der Waals surface area contributed by atoms with E-state index in [9.17, 15) is 10.1 Å². The number of benzene rings is 2. The molecule has 0 saturated carbocycles. The van der Waals surface area contributed by atoms with Crippen LogP contribution in [0.3, 0.4) is 0 Å². The fourth-order valence-corrected chi connectivity index (χ4v) is 2.64. The third-order valence-electron chi connectivity index (χ3n) is 3.80. The highest BCUT2D eigenvalue weighted by molar-refractivity contribution is 9.10. The van der Waals surface area contributed by atoms with E-state index in [4.69, 9.17) is 11.2 Å². The summed E-state index contributed by atoms with van der Waals surface area (Å²) in [7, 11) is 0. The van der Waals surface area contributed by atoms with E-state index in [1.807, 2.05) is 32.0 Å². The van der Waals surface area contributed by atoms with Crippen LogP contribution in [0.25, 0.3) is 6.08 Å². The third kappa shape index (κ3) is 4.75. The van der Waals surface area contributed by atoms with E-state index < -0.39 is 5.91 Å². The Labute approximate surface area is 161 Å². The first-order valence-corrected chi connectivity index (χ1v) is 8.60. The van der Waals surface area contributed by atoms with Gasteiger partial charge in [-0.15, -0.1) is 6.42 Å². The fraction of sp³-hybridized carbons (Fsp3) is 0.143. The van der Waals surface area contributed by atoms with Gasteiger partial charge in [-0.2, -0.15) is 5.26 Å². The van der Waals surface area contributed by atoms with Crippen LogP contribution in [0.15, 0.2) is 46.4 Å². The van der Waals surface area contributed by atoms with E-state index in [1.165, 1.54) is 6.08 Å². The lowest BCUT2D eigenvalue weighted by Gasteiger charge is -2.11. The van der Waals surface area contributed by atoms with Gasteiger partial charge in [-0.1, -0.05) is 34.0 Å². The summed E-state index contributed by atoms with van der Waals surface area (Å²) in [5.74, 6) is 2.41. The Balaban J connectivity index is 2.34. The number of terminal acetylenes is 1. The Bertz CT molecular complexity index is 949. The van der Waals surface area contributed by atoms with Crippen LogP contribution >= 0.6 is 15.9 Å². The highest BCUT2D eigenvalue weighted by Crippen LogP contribution is 2.26. The quantitative estimate of drug-likeness (QED) is 0.445. The van der Waals surface area contributed by atoms with E-state index >= 15 is 0 Å². The first-order valence-electron chi connectivity index (χ1n) is 7.81. The van der Waals surface area contributed by atoms with Crippen molar-refractivity contribution in [2.45, 2.75) is 13.8 Å². The lowest BCUT2D eigenvalue weighted by Crippen LogP contribution is -2.14. The van der Waals surface area contributed by atoms with Crippen molar-refractivity contribution < 1.29 is 9.53 Å².